The second kappa shape index (κ2) is 11.3. The van der Waals surface area contributed by atoms with Crippen LogP contribution in [0.1, 0.15) is 41.9 Å². The average molecular weight is 541 g/mol. The minimum absolute atomic E-state index is 0.188. The number of nitrogens with one attached hydrogen (secondary N) is 1. The van der Waals surface area contributed by atoms with Gasteiger partial charge in [-0.3, -0.25) is 9.69 Å². The fourth-order valence-electron chi connectivity index (χ4n) is 5.15. The minimum atomic E-state index is -0.297. The van der Waals surface area contributed by atoms with Crippen LogP contribution in [0.2, 0.25) is 0 Å². The number of rotatable bonds is 9. The first-order chi connectivity index (χ1) is 19.6. The Bertz CT molecular complexity index is 1670. The summed E-state index contributed by atoms with van der Waals surface area (Å²) in [5, 5.41) is 13.5. The van der Waals surface area contributed by atoms with Gasteiger partial charge < -0.3 is 14.5 Å². The van der Waals surface area contributed by atoms with Crippen LogP contribution < -0.4 is 15.0 Å². The molecule has 40 heavy (non-hydrogen) atoms. The van der Waals surface area contributed by atoms with Gasteiger partial charge in [0.25, 0.3) is 5.56 Å². The molecule has 0 amide bonds. The Morgan fingerprint density at radius 2 is 1.73 bits per heavy atom. The zero-order valence-corrected chi connectivity index (χ0v) is 22.1. The average Bonchev–Trinajstić information content (AvgIpc) is 3.42. The molecular formula is C30H29FN6O3. The van der Waals surface area contributed by atoms with Crippen molar-refractivity contribution in [2.75, 3.05) is 13.2 Å². The molecule has 0 radical (unpaired) electrons. The van der Waals surface area contributed by atoms with Gasteiger partial charge >= 0.3 is 0 Å². The normalized spacial score (nSPS) is 13.6. The van der Waals surface area contributed by atoms with Crippen LogP contribution in [0, 0.1) is 5.82 Å². The zero-order chi connectivity index (χ0) is 27.5. The van der Waals surface area contributed by atoms with E-state index in [1.54, 1.807) is 22.9 Å². The number of hydrogen-bond donors (Lipinski definition) is 1. The number of ether oxygens (including phenoxy) is 2. The van der Waals surface area contributed by atoms with Crippen molar-refractivity contribution >= 4 is 10.9 Å². The van der Waals surface area contributed by atoms with Gasteiger partial charge in [-0.25, -0.2) is 9.07 Å². The molecule has 0 saturated heterocycles. The fraction of sp³-hybridized carbons (Fsp3) is 0.267. The highest BCUT2D eigenvalue weighted by molar-refractivity contribution is 5.83. The molecule has 3 heterocycles. The van der Waals surface area contributed by atoms with Gasteiger partial charge in [0.15, 0.2) is 17.3 Å². The highest BCUT2D eigenvalue weighted by Gasteiger charge is 2.26. The molecule has 1 aliphatic heterocycles. The lowest BCUT2D eigenvalue weighted by atomic mass is 10.1. The Hall–Kier alpha value is -4.57. The molecule has 0 aliphatic carbocycles. The first-order valence-corrected chi connectivity index (χ1v) is 13.3. The number of nitrogens with zero attached hydrogens (tertiary/aromatic N) is 5. The Morgan fingerprint density at radius 1 is 0.975 bits per heavy atom. The second-order valence-corrected chi connectivity index (χ2v) is 9.84. The van der Waals surface area contributed by atoms with E-state index >= 15 is 0 Å². The first-order valence-electron chi connectivity index (χ1n) is 13.3. The Kier molecular flexibility index (Phi) is 7.24. The first kappa shape index (κ1) is 25.7. The number of H-pyrrole nitrogens is 1. The molecular weight excluding hydrogens is 511 g/mol. The van der Waals surface area contributed by atoms with Gasteiger partial charge in [-0.05, 0) is 52.2 Å². The van der Waals surface area contributed by atoms with Crippen molar-refractivity contribution < 1.29 is 13.9 Å². The van der Waals surface area contributed by atoms with Crippen molar-refractivity contribution in [2.45, 2.75) is 39.0 Å². The Labute approximate surface area is 230 Å². The molecule has 0 bridgehead atoms. The lowest BCUT2D eigenvalue weighted by Crippen LogP contribution is -2.32. The molecule has 2 aromatic heterocycles. The number of aromatic nitrogens is 5. The predicted molar refractivity (Wildman–Crippen MR) is 148 cm³/mol. The zero-order valence-electron chi connectivity index (χ0n) is 22.1. The second-order valence-electron chi connectivity index (χ2n) is 9.84. The van der Waals surface area contributed by atoms with Crippen LogP contribution in [0.5, 0.6) is 11.5 Å². The van der Waals surface area contributed by atoms with Crippen molar-refractivity contribution in [3.8, 4) is 11.5 Å². The van der Waals surface area contributed by atoms with Gasteiger partial charge in [0, 0.05) is 30.1 Å². The molecule has 5 aromatic rings. The molecule has 1 N–H and O–H groups in total. The van der Waals surface area contributed by atoms with Crippen LogP contribution in [0.15, 0.2) is 77.6 Å². The number of pyridine rings is 1. The molecule has 10 heteroatoms. The minimum Gasteiger partial charge on any atom is -0.486 e. The van der Waals surface area contributed by atoms with Crippen LogP contribution in [0.4, 0.5) is 4.39 Å². The van der Waals surface area contributed by atoms with E-state index in [1.165, 1.54) is 12.1 Å². The molecule has 0 spiro atoms. The number of tetrazole rings is 1. The monoisotopic (exact) mass is 540 g/mol. The van der Waals surface area contributed by atoms with E-state index in [4.69, 9.17) is 9.47 Å². The van der Waals surface area contributed by atoms with Crippen molar-refractivity contribution in [1.82, 2.24) is 30.1 Å². The van der Waals surface area contributed by atoms with Gasteiger partial charge in [-0.15, -0.1) is 5.10 Å². The molecule has 1 aliphatic rings. The summed E-state index contributed by atoms with van der Waals surface area (Å²) in [6.45, 7) is 4.34. The van der Waals surface area contributed by atoms with E-state index in [1.807, 2.05) is 42.5 Å². The Balaban J connectivity index is 1.37. The van der Waals surface area contributed by atoms with Gasteiger partial charge in [0.1, 0.15) is 19.0 Å². The summed E-state index contributed by atoms with van der Waals surface area (Å²) in [6, 6.07) is 21.8. The maximum Gasteiger partial charge on any atom is 0.252 e. The number of aromatic amines is 1. The molecule has 1 atom stereocenters. The molecule has 3 aromatic carbocycles. The summed E-state index contributed by atoms with van der Waals surface area (Å²) in [4.78, 5) is 18.5. The van der Waals surface area contributed by atoms with Gasteiger partial charge in [0.05, 0.1) is 18.1 Å². The van der Waals surface area contributed by atoms with Crippen molar-refractivity contribution in [2.24, 2.45) is 0 Å². The van der Waals surface area contributed by atoms with Crippen LogP contribution in [0.3, 0.4) is 0 Å². The molecule has 204 valence electrons. The van der Waals surface area contributed by atoms with E-state index in [-0.39, 0.29) is 17.4 Å². The van der Waals surface area contributed by atoms with Crippen LogP contribution in [-0.2, 0) is 19.6 Å². The molecule has 6 rings (SSSR count). The fourth-order valence-corrected chi connectivity index (χ4v) is 5.15. The van der Waals surface area contributed by atoms with Crippen molar-refractivity contribution in [1.29, 1.82) is 0 Å². The van der Waals surface area contributed by atoms with Crippen LogP contribution in [-0.4, -0.2) is 43.3 Å². The number of hydrogen-bond acceptors (Lipinski definition) is 7. The predicted octanol–water partition coefficient (Wildman–Crippen LogP) is 4.63. The lowest BCUT2D eigenvalue weighted by Gasteiger charge is -2.30. The van der Waals surface area contributed by atoms with Crippen LogP contribution >= 0.6 is 0 Å². The van der Waals surface area contributed by atoms with Gasteiger partial charge in [-0.2, -0.15) is 0 Å². The summed E-state index contributed by atoms with van der Waals surface area (Å²) in [5.41, 5.74) is 3.08. The summed E-state index contributed by atoms with van der Waals surface area (Å²) in [7, 11) is 0. The standard InChI is InChI=1S/C30H29FN6O3/c1-2-26(29-33-34-35-37(29)18-20-6-4-3-5-7-20)36(17-21-8-10-24(31)11-9-21)19-23-14-22-15-27-28(40-13-12-39-27)16-25(22)32-30(23)38/h3-11,14-16,26H,2,12-13,17-19H2,1H3,(H,32,38). The maximum absolute atomic E-state index is 13.7. The summed E-state index contributed by atoms with van der Waals surface area (Å²) in [6.07, 6.45) is 0.695. The molecule has 0 fully saturated rings. The van der Waals surface area contributed by atoms with E-state index in [9.17, 15) is 9.18 Å². The molecule has 0 saturated carbocycles. The highest BCUT2D eigenvalue weighted by Crippen LogP contribution is 2.34. The number of benzene rings is 3. The quantitative estimate of drug-likeness (QED) is 0.291. The van der Waals surface area contributed by atoms with E-state index in [0.717, 1.165) is 16.5 Å². The van der Waals surface area contributed by atoms with Crippen LogP contribution in [0.25, 0.3) is 10.9 Å². The Morgan fingerprint density at radius 3 is 2.48 bits per heavy atom. The molecule has 1 unspecified atom stereocenters. The van der Waals surface area contributed by atoms with E-state index in [0.29, 0.717) is 67.7 Å². The third kappa shape index (κ3) is 5.43. The van der Waals surface area contributed by atoms with E-state index in [2.05, 4.69) is 32.3 Å². The number of fused-ring (bicyclic) bond motifs is 2. The third-order valence-corrected chi connectivity index (χ3v) is 7.12. The smallest absolute Gasteiger partial charge is 0.252 e. The van der Waals surface area contributed by atoms with Crippen molar-refractivity contribution in [3.05, 3.63) is 111 Å². The number of halogens is 1. The summed E-state index contributed by atoms with van der Waals surface area (Å²) < 4.78 is 26.9. The SMILES string of the molecule is CCC(c1nnnn1Cc1ccccc1)N(Cc1ccc(F)cc1)Cc1cc2cc3c(cc2[nH]c1=O)OCCO3. The third-order valence-electron chi connectivity index (χ3n) is 7.12. The van der Waals surface area contributed by atoms with Gasteiger partial charge in [-0.1, -0.05) is 49.4 Å². The lowest BCUT2D eigenvalue weighted by molar-refractivity contribution is 0.161. The molecule has 9 nitrogen and oxygen atoms in total. The largest absolute Gasteiger partial charge is 0.486 e. The van der Waals surface area contributed by atoms with E-state index < -0.39 is 0 Å². The van der Waals surface area contributed by atoms with Gasteiger partial charge in [0.2, 0.25) is 0 Å². The maximum atomic E-state index is 13.7. The summed E-state index contributed by atoms with van der Waals surface area (Å²) >= 11 is 0. The summed E-state index contributed by atoms with van der Waals surface area (Å²) in [5.74, 6) is 1.68. The van der Waals surface area contributed by atoms with Crippen molar-refractivity contribution in [3.63, 3.8) is 0 Å². The topological polar surface area (TPSA) is 98.2 Å². The highest BCUT2D eigenvalue weighted by atomic mass is 19.1.